The first-order valence-electron chi connectivity index (χ1n) is 7.98. The molecule has 0 rings (SSSR count). The summed E-state index contributed by atoms with van der Waals surface area (Å²) in [5, 5.41) is 0. The molecular weight excluding hydrogens is 206 g/mol. The van der Waals surface area contributed by atoms with Gasteiger partial charge in [0, 0.05) is 0 Å². The van der Waals surface area contributed by atoms with Crippen molar-refractivity contribution in [3.8, 4) is 0 Å². The molecular formula is C16H37N. The monoisotopic (exact) mass is 243 g/mol. The predicted molar refractivity (Wildman–Crippen MR) is 81.7 cm³/mol. The Bertz CT molecular complexity index is 94.6. The van der Waals surface area contributed by atoms with E-state index in [1.807, 2.05) is 0 Å². The Balaban J connectivity index is 0. The molecule has 0 saturated heterocycles. The van der Waals surface area contributed by atoms with Crippen molar-refractivity contribution < 1.29 is 0 Å². The molecule has 0 aliphatic rings. The van der Waals surface area contributed by atoms with Gasteiger partial charge in [-0.1, -0.05) is 86.0 Å². The van der Waals surface area contributed by atoms with Gasteiger partial charge in [0.1, 0.15) is 0 Å². The smallest absolute Gasteiger partial charge is 0.00474 e. The summed E-state index contributed by atoms with van der Waals surface area (Å²) in [5.74, 6) is 0. The second-order valence-electron chi connectivity index (χ2n) is 4.74. The van der Waals surface area contributed by atoms with E-state index >= 15 is 0 Å². The minimum absolute atomic E-state index is 1.19. The van der Waals surface area contributed by atoms with Gasteiger partial charge in [-0.15, -0.1) is 0 Å². The first-order chi connectivity index (χ1) is 8.26. The van der Waals surface area contributed by atoms with E-state index in [4.69, 9.17) is 0 Å². The number of nitrogens with zero attached hydrogens (tertiary/aromatic N) is 1. The lowest BCUT2D eigenvalue weighted by Crippen LogP contribution is -2.21. The zero-order chi connectivity index (χ0) is 13.4. The number of unbranched alkanes of at least 4 members (excludes halogenated alkanes) is 7. The van der Waals surface area contributed by atoms with Gasteiger partial charge in [-0.25, -0.2) is 0 Å². The Morgan fingerprint density at radius 1 is 0.471 bits per heavy atom. The van der Waals surface area contributed by atoms with Crippen LogP contribution in [0.4, 0.5) is 0 Å². The van der Waals surface area contributed by atoms with Crippen LogP contribution in [0.15, 0.2) is 0 Å². The highest BCUT2D eigenvalue weighted by Gasteiger charge is 1.89. The van der Waals surface area contributed by atoms with Crippen LogP contribution in [0.1, 0.15) is 86.0 Å². The molecule has 0 aromatic rings. The fraction of sp³-hybridized carbons (Fsp3) is 1.00. The van der Waals surface area contributed by atoms with E-state index in [1.165, 1.54) is 71.0 Å². The molecule has 0 atom stereocenters. The highest BCUT2D eigenvalue weighted by atomic mass is 15.1. The molecule has 0 aliphatic carbocycles. The molecule has 17 heavy (non-hydrogen) atoms. The zero-order valence-electron chi connectivity index (χ0n) is 13.2. The van der Waals surface area contributed by atoms with Gasteiger partial charge in [-0.2, -0.15) is 0 Å². The molecule has 106 valence electrons. The lowest BCUT2D eigenvalue weighted by Gasteiger charge is -2.13. The fourth-order valence-corrected chi connectivity index (χ4v) is 1.88. The van der Waals surface area contributed by atoms with Crippen LogP contribution in [0.5, 0.6) is 0 Å². The Morgan fingerprint density at radius 2 is 0.765 bits per heavy atom. The SMILES string of the molecule is CCCCCCCCCC.CCN(CC)CC. The topological polar surface area (TPSA) is 3.24 Å². The van der Waals surface area contributed by atoms with Gasteiger partial charge >= 0.3 is 0 Å². The normalized spacial score (nSPS) is 10.2. The van der Waals surface area contributed by atoms with E-state index in [1.54, 1.807) is 0 Å². The van der Waals surface area contributed by atoms with Crippen LogP contribution >= 0.6 is 0 Å². The minimum atomic E-state index is 1.19. The minimum Gasteiger partial charge on any atom is -0.304 e. The van der Waals surface area contributed by atoms with Crippen molar-refractivity contribution in [3.05, 3.63) is 0 Å². The van der Waals surface area contributed by atoms with E-state index in [0.717, 1.165) is 0 Å². The number of rotatable bonds is 10. The van der Waals surface area contributed by atoms with Gasteiger partial charge in [-0.05, 0) is 19.6 Å². The molecule has 0 unspecified atom stereocenters. The quantitative estimate of drug-likeness (QED) is 0.458. The van der Waals surface area contributed by atoms with Gasteiger partial charge in [-0.3, -0.25) is 0 Å². The predicted octanol–water partition coefficient (Wildman–Crippen LogP) is 5.50. The van der Waals surface area contributed by atoms with E-state index in [0.29, 0.717) is 0 Å². The molecule has 0 saturated carbocycles. The van der Waals surface area contributed by atoms with Crippen molar-refractivity contribution in [2.45, 2.75) is 86.0 Å². The van der Waals surface area contributed by atoms with Crippen molar-refractivity contribution in [1.82, 2.24) is 4.90 Å². The standard InChI is InChI=1S/C10H22.C6H15N/c1-3-5-7-9-10-8-6-4-2;1-4-7(5-2)6-3/h3-10H2,1-2H3;4-6H2,1-3H3. The Kier molecular flexibility index (Phi) is 20.8. The van der Waals surface area contributed by atoms with Crippen molar-refractivity contribution in [1.29, 1.82) is 0 Å². The first-order valence-corrected chi connectivity index (χ1v) is 7.98. The highest BCUT2D eigenvalue weighted by molar-refractivity contribution is 4.44. The molecule has 0 spiro atoms. The Labute approximate surface area is 111 Å². The lowest BCUT2D eigenvalue weighted by molar-refractivity contribution is 0.321. The van der Waals surface area contributed by atoms with Gasteiger partial charge in [0.15, 0.2) is 0 Å². The van der Waals surface area contributed by atoms with E-state index in [9.17, 15) is 0 Å². The third kappa shape index (κ3) is 18.5. The van der Waals surface area contributed by atoms with Crippen LogP contribution in [0, 0.1) is 0 Å². The molecule has 0 radical (unpaired) electrons. The van der Waals surface area contributed by atoms with Crippen molar-refractivity contribution >= 4 is 0 Å². The van der Waals surface area contributed by atoms with E-state index < -0.39 is 0 Å². The van der Waals surface area contributed by atoms with Crippen molar-refractivity contribution in [2.75, 3.05) is 19.6 Å². The molecule has 0 heterocycles. The largest absolute Gasteiger partial charge is 0.304 e. The summed E-state index contributed by atoms with van der Waals surface area (Å²) in [6.45, 7) is 14.7. The summed E-state index contributed by atoms with van der Waals surface area (Å²) in [6.07, 6.45) is 11.5. The molecule has 0 N–H and O–H groups in total. The summed E-state index contributed by atoms with van der Waals surface area (Å²) < 4.78 is 0. The third-order valence-corrected chi connectivity index (χ3v) is 3.30. The highest BCUT2D eigenvalue weighted by Crippen LogP contribution is 2.07. The average molecular weight is 243 g/mol. The van der Waals surface area contributed by atoms with Crippen LogP contribution in [-0.4, -0.2) is 24.5 Å². The summed E-state index contributed by atoms with van der Waals surface area (Å²) >= 11 is 0. The molecule has 1 nitrogen and oxygen atoms in total. The Morgan fingerprint density at radius 3 is 0.941 bits per heavy atom. The van der Waals surface area contributed by atoms with Gasteiger partial charge in [0.25, 0.3) is 0 Å². The van der Waals surface area contributed by atoms with Crippen molar-refractivity contribution in [2.24, 2.45) is 0 Å². The third-order valence-electron chi connectivity index (χ3n) is 3.30. The van der Waals surface area contributed by atoms with Crippen LogP contribution in [0.2, 0.25) is 0 Å². The summed E-state index contributed by atoms with van der Waals surface area (Å²) in [6, 6.07) is 0. The molecule has 0 bridgehead atoms. The average Bonchev–Trinajstić information content (AvgIpc) is 2.37. The summed E-state index contributed by atoms with van der Waals surface area (Å²) in [5.41, 5.74) is 0. The Hall–Kier alpha value is -0.0400. The number of hydrogen-bond acceptors (Lipinski definition) is 1. The van der Waals surface area contributed by atoms with Crippen molar-refractivity contribution in [3.63, 3.8) is 0 Å². The number of hydrogen-bond donors (Lipinski definition) is 0. The molecule has 0 aromatic carbocycles. The molecule has 0 fully saturated rings. The van der Waals surface area contributed by atoms with E-state index in [2.05, 4.69) is 39.5 Å². The first kappa shape index (κ1) is 19.3. The fourth-order valence-electron chi connectivity index (χ4n) is 1.88. The van der Waals surface area contributed by atoms with Gasteiger partial charge < -0.3 is 4.90 Å². The maximum Gasteiger partial charge on any atom is -0.00474 e. The maximum atomic E-state index is 2.38. The molecule has 1 heteroatoms. The van der Waals surface area contributed by atoms with Crippen LogP contribution in [0.3, 0.4) is 0 Å². The second-order valence-corrected chi connectivity index (χ2v) is 4.74. The van der Waals surface area contributed by atoms with Crippen LogP contribution in [0.25, 0.3) is 0 Å². The van der Waals surface area contributed by atoms with E-state index in [-0.39, 0.29) is 0 Å². The zero-order valence-corrected chi connectivity index (χ0v) is 13.2. The summed E-state index contributed by atoms with van der Waals surface area (Å²) in [7, 11) is 0. The molecule has 0 aliphatic heterocycles. The van der Waals surface area contributed by atoms with Crippen LogP contribution < -0.4 is 0 Å². The van der Waals surface area contributed by atoms with Gasteiger partial charge in [0.2, 0.25) is 0 Å². The molecule has 0 aromatic heterocycles. The second kappa shape index (κ2) is 18.3. The summed E-state index contributed by atoms with van der Waals surface area (Å²) in [4.78, 5) is 2.38. The maximum absolute atomic E-state index is 2.38. The van der Waals surface area contributed by atoms with Crippen LogP contribution in [-0.2, 0) is 0 Å². The molecule has 0 amide bonds. The lowest BCUT2D eigenvalue weighted by atomic mass is 10.1. The van der Waals surface area contributed by atoms with Gasteiger partial charge in [0.05, 0.1) is 0 Å².